The third kappa shape index (κ3) is 4.55. The molecule has 102 valence electrons. The minimum Gasteiger partial charge on any atom is -0.508 e. The van der Waals surface area contributed by atoms with Gasteiger partial charge >= 0.3 is 0 Å². The molecule has 0 aromatic heterocycles. The van der Waals surface area contributed by atoms with E-state index in [1.807, 2.05) is 27.0 Å². The fourth-order valence-electron chi connectivity index (χ4n) is 1.93. The van der Waals surface area contributed by atoms with E-state index in [9.17, 15) is 5.11 Å². The van der Waals surface area contributed by atoms with Crippen molar-refractivity contribution in [2.24, 2.45) is 0 Å². The molecule has 0 radical (unpaired) electrons. The number of hydrogen-bond donors (Lipinski definition) is 2. The Balaban J connectivity index is 0.000000771. The molecule has 2 N–H and O–H groups in total. The van der Waals surface area contributed by atoms with Crippen LogP contribution in [-0.4, -0.2) is 43.4 Å². The Morgan fingerprint density at radius 2 is 1.89 bits per heavy atom. The number of nitrogens with zero attached hydrogens (tertiary/aromatic N) is 1. The summed E-state index contributed by atoms with van der Waals surface area (Å²) in [5.74, 6) is 0.315. The minimum atomic E-state index is 0.315. The van der Waals surface area contributed by atoms with Gasteiger partial charge in [-0.1, -0.05) is 13.8 Å². The monoisotopic (exact) mass is 252 g/mol. The molecule has 2 rings (SSSR count). The third-order valence-electron chi connectivity index (χ3n) is 2.78. The summed E-state index contributed by atoms with van der Waals surface area (Å²) in [5, 5.41) is 12.6. The van der Waals surface area contributed by atoms with Gasteiger partial charge in [0.15, 0.2) is 0 Å². The first-order valence-electron chi connectivity index (χ1n) is 6.59. The van der Waals surface area contributed by atoms with Gasteiger partial charge in [0, 0.05) is 38.4 Å². The van der Waals surface area contributed by atoms with E-state index in [1.165, 1.54) is 0 Å². The van der Waals surface area contributed by atoms with E-state index >= 15 is 0 Å². The molecular weight excluding hydrogens is 228 g/mol. The van der Waals surface area contributed by atoms with Crippen LogP contribution in [0.2, 0.25) is 0 Å². The van der Waals surface area contributed by atoms with Crippen molar-refractivity contribution in [1.29, 1.82) is 0 Å². The van der Waals surface area contributed by atoms with Crippen LogP contribution in [0.3, 0.4) is 0 Å². The van der Waals surface area contributed by atoms with Crippen LogP contribution in [0.25, 0.3) is 0 Å². The van der Waals surface area contributed by atoms with E-state index in [4.69, 9.17) is 4.74 Å². The van der Waals surface area contributed by atoms with Crippen molar-refractivity contribution in [2.75, 3.05) is 38.7 Å². The van der Waals surface area contributed by atoms with Gasteiger partial charge in [-0.15, -0.1) is 0 Å². The lowest BCUT2D eigenvalue weighted by molar-refractivity contribution is 0.0342. The third-order valence-corrected chi connectivity index (χ3v) is 2.78. The molecule has 18 heavy (non-hydrogen) atoms. The zero-order valence-corrected chi connectivity index (χ0v) is 11.6. The van der Waals surface area contributed by atoms with Crippen LogP contribution < -0.4 is 5.32 Å². The van der Waals surface area contributed by atoms with Gasteiger partial charge < -0.3 is 15.2 Å². The molecule has 1 saturated heterocycles. The molecule has 0 amide bonds. The lowest BCUT2D eigenvalue weighted by atomic mass is 10.1. The summed E-state index contributed by atoms with van der Waals surface area (Å²) < 4.78 is 5.30. The van der Waals surface area contributed by atoms with Crippen LogP contribution in [0, 0.1) is 0 Å². The van der Waals surface area contributed by atoms with Crippen LogP contribution >= 0.6 is 0 Å². The molecule has 4 heteroatoms. The highest BCUT2D eigenvalue weighted by molar-refractivity contribution is 5.50. The van der Waals surface area contributed by atoms with E-state index < -0.39 is 0 Å². The molecule has 4 nitrogen and oxygen atoms in total. The molecule has 0 unspecified atom stereocenters. The van der Waals surface area contributed by atoms with Crippen LogP contribution in [0.4, 0.5) is 5.69 Å². The van der Waals surface area contributed by atoms with E-state index in [-0.39, 0.29) is 0 Å². The summed E-state index contributed by atoms with van der Waals surface area (Å²) in [6.07, 6.45) is 0. The molecule has 0 bridgehead atoms. The Morgan fingerprint density at radius 3 is 2.50 bits per heavy atom. The molecule has 0 atom stereocenters. The zero-order valence-electron chi connectivity index (χ0n) is 11.6. The second kappa shape index (κ2) is 7.95. The molecular formula is C14H24N2O2. The molecule has 1 aliphatic rings. The molecule has 1 aromatic carbocycles. The molecule has 0 saturated carbocycles. The predicted octanol–water partition coefficient (Wildman–Crippen LogP) is 2.29. The number of phenolic OH excluding ortho intramolecular Hbond substituents is 1. The number of morpholine rings is 1. The maximum atomic E-state index is 9.57. The Labute approximate surface area is 110 Å². The molecule has 0 spiro atoms. The van der Waals surface area contributed by atoms with Gasteiger partial charge in [0.1, 0.15) is 5.75 Å². The molecule has 1 aromatic rings. The zero-order chi connectivity index (χ0) is 13.4. The summed E-state index contributed by atoms with van der Waals surface area (Å²) in [4.78, 5) is 2.33. The molecule has 1 aliphatic heterocycles. The number of hydrogen-bond acceptors (Lipinski definition) is 4. The highest BCUT2D eigenvalue weighted by Gasteiger charge is 2.11. The van der Waals surface area contributed by atoms with Gasteiger partial charge in [-0.2, -0.15) is 0 Å². The van der Waals surface area contributed by atoms with Gasteiger partial charge in [0.05, 0.1) is 13.2 Å². The highest BCUT2D eigenvalue weighted by Crippen LogP contribution is 2.20. The summed E-state index contributed by atoms with van der Waals surface area (Å²) in [6, 6.07) is 5.61. The summed E-state index contributed by atoms with van der Waals surface area (Å²) in [7, 11) is 1.85. The summed E-state index contributed by atoms with van der Waals surface area (Å²) >= 11 is 0. The van der Waals surface area contributed by atoms with Gasteiger partial charge in [-0.05, 0) is 17.7 Å². The SMILES string of the molecule is CC.CNc1cc(O)cc(CN2CCOCC2)c1. The average molecular weight is 252 g/mol. The maximum absolute atomic E-state index is 9.57. The van der Waals surface area contributed by atoms with Crippen molar-refractivity contribution in [1.82, 2.24) is 4.90 Å². The molecule has 0 aliphatic carbocycles. The summed E-state index contributed by atoms with van der Waals surface area (Å²) in [6.45, 7) is 8.40. The predicted molar refractivity (Wildman–Crippen MR) is 75.1 cm³/mol. The van der Waals surface area contributed by atoms with Crippen molar-refractivity contribution in [3.05, 3.63) is 23.8 Å². The van der Waals surface area contributed by atoms with Crippen molar-refractivity contribution in [2.45, 2.75) is 20.4 Å². The highest BCUT2D eigenvalue weighted by atomic mass is 16.5. The largest absolute Gasteiger partial charge is 0.508 e. The van der Waals surface area contributed by atoms with Gasteiger partial charge in [0.25, 0.3) is 0 Å². The van der Waals surface area contributed by atoms with Crippen molar-refractivity contribution in [3.8, 4) is 5.75 Å². The standard InChI is InChI=1S/C12H18N2O2.C2H6/c1-13-11-6-10(7-12(15)8-11)9-14-2-4-16-5-3-14;1-2/h6-8,13,15H,2-5,9H2,1H3;1-2H3. The topological polar surface area (TPSA) is 44.7 Å². The Hall–Kier alpha value is -1.26. The fraction of sp³-hybridized carbons (Fsp3) is 0.571. The van der Waals surface area contributed by atoms with Crippen LogP contribution in [0.1, 0.15) is 19.4 Å². The van der Waals surface area contributed by atoms with Crippen LogP contribution in [-0.2, 0) is 11.3 Å². The van der Waals surface area contributed by atoms with E-state index in [2.05, 4.69) is 16.3 Å². The lowest BCUT2D eigenvalue weighted by Crippen LogP contribution is -2.35. The van der Waals surface area contributed by atoms with Crippen molar-refractivity contribution < 1.29 is 9.84 Å². The van der Waals surface area contributed by atoms with Crippen LogP contribution in [0.5, 0.6) is 5.75 Å². The number of nitrogens with one attached hydrogen (secondary N) is 1. The number of ether oxygens (including phenoxy) is 1. The Bertz CT molecular complexity index is 350. The summed E-state index contributed by atoms with van der Waals surface area (Å²) in [5.41, 5.74) is 2.08. The van der Waals surface area contributed by atoms with E-state index in [1.54, 1.807) is 6.07 Å². The Morgan fingerprint density at radius 1 is 1.22 bits per heavy atom. The quantitative estimate of drug-likeness (QED) is 0.866. The smallest absolute Gasteiger partial charge is 0.117 e. The normalized spacial score (nSPS) is 15.7. The number of benzene rings is 1. The number of rotatable bonds is 3. The van der Waals surface area contributed by atoms with Crippen LogP contribution in [0.15, 0.2) is 18.2 Å². The average Bonchev–Trinajstić information content (AvgIpc) is 2.41. The lowest BCUT2D eigenvalue weighted by Gasteiger charge is -2.26. The first kappa shape index (κ1) is 14.8. The van der Waals surface area contributed by atoms with Crippen molar-refractivity contribution in [3.63, 3.8) is 0 Å². The maximum Gasteiger partial charge on any atom is 0.117 e. The first-order chi connectivity index (χ1) is 8.78. The fourth-order valence-corrected chi connectivity index (χ4v) is 1.93. The Kier molecular flexibility index (Phi) is 6.54. The second-order valence-corrected chi connectivity index (χ2v) is 4.03. The number of aromatic hydroxyl groups is 1. The van der Waals surface area contributed by atoms with E-state index in [0.29, 0.717) is 5.75 Å². The van der Waals surface area contributed by atoms with E-state index in [0.717, 1.165) is 44.1 Å². The molecule has 1 fully saturated rings. The van der Waals surface area contributed by atoms with Crippen molar-refractivity contribution >= 4 is 5.69 Å². The number of phenols is 1. The molecule has 1 heterocycles. The first-order valence-corrected chi connectivity index (χ1v) is 6.59. The van der Waals surface area contributed by atoms with Gasteiger partial charge in [-0.25, -0.2) is 0 Å². The van der Waals surface area contributed by atoms with Gasteiger partial charge in [0.2, 0.25) is 0 Å². The van der Waals surface area contributed by atoms with Gasteiger partial charge in [-0.3, -0.25) is 4.90 Å². The second-order valence-electron chi connectivity index (χ2n) is 4.03. The minimum absolute atomic E-state index is 0.315. The number of anilines is 1.